The Morgan fingerprint density at radius 3 is 2.30 bits per heavy atom. The van der Waals surface area contributed by atoms with Crippen LogP contribution in [0.2, 0.25) is 0 Å². The summed E-state index contributed by atoms with van der Waals surface area (Å²) in [6.45, 7) is 6.38. The van der Waals surface area contributed by atoms with Crippen LogP contribution in [0.3, 0.4) is 0 Å². The zero-order valence-corrected chi connectivity index (χ0v) is 13.8. The number of fused-ring (bicyclic) bond motifs is 1. The summed E-state index contributed by atoms with van der Waals surface area (Å²) < 4.78 is 10.8. The van der Waals surface area contributed by atoms with Crippen LogP contribution in [0.4, 0.5) is 0 Å². The molecule has 3 heteroatoms. The molecule has 0 N–H and O–H groups in total. The van der Waals surface area contributed by atoms with E-state index in [9.17, 15) is 4.79 Å². The summed E-state index contributed by atoms with van der Waals surface area (Å²) in [6, 6.07) is 13.2. The molecular weight excluding hydrogens is 288 g/mol. The van der Waals surface area contributed by atoms with Gasteiger partial charge in [-0.25, -0.2) is 0 Å². The minimum Gasteiger partial charge on any atom is -0.497 e. The van der Waals surface area contributed by atoms with Gasteiger partial charge >= 0.3 is 0 Å². The van der Waals surface area contributed by atoms with Gasteiger partial charge in [0.1, 0.15) is 17.6 Å². The molecule has 3 rings (SSSR count). The molecule has 0 bridgehead atoms. The summed E-state index contributed by atoms with van der Waals surface area (Å²) in [7, 11) is 1.62. The molecule has 0 atom stereocenters. The van der Waals surface area contributed by atoms with Crippen LogP contribution in [-0.4, -0.2) is 7.11 Å². The van der Waals surface area contributed by atoms with Gasteiger partial charge in [-0.15, -0.1) is 0 Å². The summed E-state index contributed by atoms with van der Waals surface area (Å²) >= 11 is 0. The Labute approximate surface area is 135 Å². The maximum absolute atomic E-state index is 12.9. The van der Waals surface area contributed by atoms with Crippen LogP contribution < -0.4 is 10.2 Å². The van der Waals surface area contributed by atoms with Gasteiger partial charge in [0.2, 0.25) is 0 Å². The van der Waals surface area contributed by atoms with E-state index in [1.54, 1.807) is 7.11 Å². The number of hydrogen-bond acceptors (Lipinski definition) is 3. The van der Waals surface area contributed by atoms with Crippen LogP contribution in [0.1, 0.15) is 26.3 Å². The molecule has 0 fully saturated rings. The first-order valence-electron chi connectivity index (χ1n) is 7.60. The summed E-state index contributed by atoms with van der Waals surface area (Å²) in [5.41, 5.74) is 3.08. The first-order chi connectivity index (χ1) is 10.9. The van der Waals surface area contributed by atoms with Crippen molar-refractivity contribution in [2.75, 3.05) is 7.11 Å². The average Bonchev–Trinajstić information content (AvgIpc) is 2.54. The highest BCUT2D eigenvalue weighted by molar-refractivity contribution is 5.82. The monoisotopic (exact) mass is 308 g/mol. The maximum Gasteiger partial charge on any atom is 0.200 e. The van der Waals surface area contributed by atoms with Gasteiger partial charge in [0.05, 0.1) is 18.1 Å². The molecular formula is C20H20O3. The predicted molar refractivity (Wildman–Crippen MR) is 93.2 cm³/mol. The zero-order valence-electron chi connectivity index (χ0n) is 13.8. The molecule has 0 radical (unpaired) electrons. The molecule has 0 amide bonds. The first-order valence-corrected chi connectivity index (χ1v) is 7.60. The van der Waals surface area contributed by atoms with E-state index in [0.29, 0.717) is 16.5 Å². The highest BCUT2D eigenvalue weighted by atomic mass is 16.5. The molecule has 3 nitrogen and oxygen atoms in total. The van der Waals surface area contributed by atoms with Crippen molar-refractivity contribution in [2.45, 2.75) is 26.2 Å². The quantitative estimate of drug-likeness (QED) is 0.685. The van der Waals surface area contributed by atoms with Crippen LogP contribution in [0, 0.1) is 0 Å². The van der Waals surface area contributed by atoms with Gasteiger partial charge in [-0.2, -0.15) is 0 Å². The number of ether oxygens (including phenoxy) is 1. The van der Waals surface area contributed by atoms with Crippen molar-refractivity contribution in [3.63, 3.8) is 0 Å². The van der Waals surface area contributed by atoms with Gasteiger partial charge in [0.25, 0.3) is 0 Å². The van der Waals surface area contributed by atoms with E-state index in [0.717, 1.165) is 16.9 Å². The van der Waals surface area contributed by atoms with E-state index in [2.05, 4.69) is 20.8 Å². The van der Waals surface area contributed by atoms with E-state index >= 15 is 0 Å². The molecule has 1 heterocycles. The molecule has 118 valence electrons. The predicted octanol–water partition coefficient (Wildman–Crippen LogP) is 4.77. The Kier molecular flexibility index (Phi) is 3.72. The maximum atomic E-state index is 12.9. The van der Waals surface area contributed by atoms with E-state index < -0.39 is 0 Å². The second-order valence-corrected chi connectivity index (χ2v) is 6.67. The number of hydrogen-bond donors (Lipinski definition) is 0. The molecule has 0 spiro atoms. The number of rotatable bonds is 2. The van der Waals surface area contributed by atoms with Crippen molar-refractivity contribution >= 4 is 11.0 Å². The molecule has 0 aliphatic carbocycles. The molecule has 3 aromatic rings. The average molecular weight is 308 g/mol. The Hall–Kier alpha value is -2.55. The Balaban J connectivity index is 2.18. The number of benzene rings is 2. The fraction of sp³-hybridized carbons (Fsp3) is 0.250. The standard InChI is InChI=1S/C20H20O3/c1-20(2,3)14-7-10-18-16(11-14)19(21)17(12-23-18)13-5-8-15(22-4)9-6-13/h5-12H,1-4H3. The van der Waals surface area contributed by atoms with Crippen molar-refractivity contribution in [3.8, 4) is 16.9 Å². The fourth-order valence-electron chi connectivity index (χ4n) is 2.57. The highest BCUT2D eigenvalue weighted by Crippen LogP contribution is 2.27. The van der Waals surface area contributed by atoms with E-state index in [-0.39, 0.29) is 10.8 Å². The first kappa shape index (κ1) is 15.3. The molecule has 2 aromatic carbocycles. The van der Waals surface area contributed by atoms with Crippen molar-refractivity contribution < 1.29 is 9.15 Å². The van der Waals surface area contributed by atoms with Crippen LogP contribution in [0.15, 0.2) is 57.9 Å². The van der Waals surface area contributed by atoms with Crippen molar-refractivity contribution in [1.82, 2.24) is 0 Å². The Morgan fingerprint density at radius 1 is 1.00 bits per heavy atom. The third kappa shape index (κ3) is 2.87. The lowest BCUT2D eigenvalue weighted by atomic mass is 9.86. The lowest BCUT2D eigenvalue weighted by Gasteiger charge is -2.19. The summed E-state index contributed by atoms with van der Waals surface area (Å²) in [6.07, 6.45) is 1.53. The summed E-state index contributed by atoms with van der Waals surface area (Å²) in [4.78, 5) is 12.9. The molecule has 0 aliphatic heterocycles. The van der Waals surface area contributed by atoms with Crippen molar-refractivity contribution in [2.24, 2.45) is 0 Å². The third-order valence-corrected chi connectivity index (χ3v) is 4.04. The number of methoxy groups -OCH3 is 1. The molecule has 1 aromatic heterocycles. The topological polar surface area (TPSA) is 39.4 Å². The van der Waals surface area contributed by atoms with Gasteiger partial charge in [0, 0.05) is 0 Å². The smallest absolute Gasteiger partial charge is 0.200 e. The minimum atomic E-state index is -0.0171. The van der Waals surface area contributed by atoms with Gasteiger partial charge in [-0.1, -0.05) is 39.0 Å². The molecule has 0 aliphatic rings. The van der Waals surface area contributed by atoms with Gasteiger partial charge < -0.3 is 9.15 Å². The largest absolute Gasteiger partial charge is 0.497 e. The van der Waals surface area contributed by atoms with Gasteiger partial charge in [-0.3, -0.25) is 4.79 Å². The van der Waals surface area contributed by atoms with E-state index in [1.807, 2.05) is 42.5 Å². The molecule has 0 saturated heterocycles. The summed E-state index contributed by atoms with van der Waals surface area (Å²) in [5, 5.41) is 0.616. The van der Waals surface area contributed by atoms with Gasteiger partial charge in [-0.05, 0) is 40.8 Å². The Morgan fingerprint density at radius 2 is 1.70 bits per heavy atom. The van der Waals surface area contributed by atoms with Gasteiger partial charge in [0.15, 0.2) is 5.43 Å². The van der Waals surface area contributed by atoms with Crippen LogP contribution >= 0.6 is 0 Å². The third-order valence-electron chi connectivity index (χ3n) is 4.04. The second-order valence-electron chi connectivity index (χ2n) is 6.67. The van der Waals surface area contributed by atoms with Crippen molar-refractivity contribution in [1.29, 1.82) is 0 Å². The SMILES string of the molecule is COc1ccc(-c2coc3ccc(C(C)(C)C)cc3c2=O)cc1. The highest BCUT2D eigenvalue weighted by Gasteiger charge is 2.16. The van der Waals surface area contributed by atoms with Crippen molar-refractivity contribution in [3.05, 3.63) is 64.5 Å². The molecule has 0 unspecified atom stereocenters. The van der Waals surface area contributed by atoms with Crippen LogP contribution in [-0.2, 0) is 5.41 Å². The fourth-order valence-corrected chi connectivity index (χ4v) is 2.57. The minimum absolute atomic E-state index is 0.0116. The normalized spacial score (nSPS) is 11.7. The molecule has 0 saturated carbocycles. The van der Waals surface area contributed by atoms with Crippen LogP contribution in [0.5, 0.6) is 5.75 Å². The van der Waals surface area contributed by atoms with E-state index in [4.69, 9.17) is 9.15 Å². The zero-order chi connectivity index (χ0) is 16.6. The second kappa shape index (κ2) is 5.58. The summed E-state index contributed by atoms with van der Waals surface area (Å²) in [5.74, 6) is 0.758. The lowest BCUT2D eigenvalue weighted by Crippen LogP contribution is -2.12. The Bertz CT molecular complexity index is 897. The molecule has 23 heavy (non-hydrogen) atoms. The van der Waals surface area contributed by atoms with E-state index in [1.165, 1.54) is 6.26 Å². The van der Waals surface area contributed by atoms with Crippen LogP contribution in [0.25, 0.3) is 22.1 Å². The lowest BCUT2D eigenvalue weighted by molar-refractivity contribution is 0.415.